The van der Waals surface area contributed by atoms with Crippen LogP contribution in [0.5, 0.6) is 11.5 Å². The van der Waals surface area contributed by atoms with Crippen molar-refractivity contribution in [3.8, 4) is 11.5 Å². The average Bonchev–Trinajstić information content (AvgIpc) is 2.72. The van der Waals surface area contributed by atoms with Crippen molar-refractivity contribution in [3.05, 3.63) is 64.6 Å². The normalized spacial score (nSPS) is 26.0. The van der Waals surface area contributed by atoms with Crippen LogP contribution in [-0.2, 0) is 6.42 Å². The van der Waals surface area contributed by atoms with Crippen molar-refractivity contribution in [2.45, 2.75) is 37.0 Å². The molecule has 6 nitrogen and oxygen atoms in total. The molecule has 8 heteroatoms. The van der Waals surface area contributed by atoms with Crippen LogP contribution in [0.1, 0.15) is 17.5 Å². The molecule has 1 aliphatic rings. The van der Waals surface area contributed by atoms with E-state index in [0.29, 0.717) is 17.7 Å². The van der Waals surface area contributed by atoms with E-state index >= 15 is 0 Å². The highest BCUT2D eigenvalue weighted by Crippen LogP contribution is 2.42. The highest BCUT2D eigenvalue weighted by molar-refractivity contribution is 5.39. The molecular formula is C21H23F2NO5. The zero-order valence-electron chi connectivity index (χ0n) is 15.9. The topological polar surface area (TPSA) is 88.4 Å². The standard InChI is InChI=1S/C21H23F2NO5/c1-28-16-8-6-13(7-9-16)10-14-4-2-3-5-18(14)29-20-19(24-27)17(26)11-15(12-25)21(20,22)23/h2-9,15,17,19-20,25-26H,10-12H2,1H3/t15-,17-,19+,20-/m0/s1. The van der Waals surface area contributed by atoms with Crippen LogP contribution < -0.4 is 9.47 Å². The predicted molar refractivity (Wildman–Crippen MR) is 102 cm³/mol. The van der Waals surface area contributed by atoms with Crippen molar-refractivity contribution in [2.24, 2.45) is 11.1 Å². The van der Waals surface area contributed by atoms with Gasteiger partial charge in [0.15, 0.2) is 12.1 Å². The van der Waals surface area contributed by atoms with Crippen molar-refractivity contribution in [3.63, 3.8) is 0 Å². The fourth-order valence-electron chi connectivity index (χ4n) is 3.58. The van der Waals surface area contributed by atoms with Gasteiger partial charge in [0, 0.05) is 6.42 Å². The molecule has 156 valence electrons. The third kappa shape index (κ3) is 4.38. The SMILES string of the molecule is COc1ccc(Cc2ccccc2O[C@H]2[C@H](N=O)[C@@H](O)C[C@@H](CO)C2(F)F)cc1. The fourth-order valence-corrected chi connectivity index (χ4v) is 3.58. The number of ether oxygens (including phenoxy) is 2. The highest BCUT2D eigenvalue weighted by atomic mass is 19.3. The molecule has 0 radical (unpaired) electrons. The summed E-state index contributed by atoms with van der Waals surface area (Å²) in [6.45, 7) is -0.830. The molecule has 1 saturated carbocycles. The maximum atomic E-state index is 14.9. The number of methoxy groups -OCH3 is 1. The first kappa shape index (κ1) is 21.1. The second-order valence-corrected chi connectivity index (χ2v) is 7.12. The molecule has 1 fully saturated rings. The van der Waals surface area contributed by atoms with Crippen molar-refractivity contribution in [1.29, 1.82) is 0 Å². The van der Waals surface area contributed by atoms with Crippen molar-refractivity contribution >= 4 is 0 Å². The lowest BCUT2D eigenvalue weighted by atomic mass is 9.79. The number of hydrogen-bond acceptors (Lipinski definition) is 6. The Bertz CT molecular complexity index is 830. The number of nitroso groups, excluding NO2 is 1. The van der Waals surface area contributed by atoms with Crippen molar-refractivity contribution in [2.75, 3.05) is 13.7 Å². The smallest absolute Gasteiger partial charge is 0.291 e. The molecule has 4 atom stereocenters. The third-order valence-electron chi connectivity index (χ3n) is 5.28. The van der Waals surface area contributed by atoms with E-state index < -0.39 is 43.1 Å². The van der Waals surface area contributed by atoms with E-state index in [4.69, 9.17) is 9.47 Å². The maximum Gasteiger partial charge on any atom is 0.291 e. The molecule has 0 heterocycles. The van der Waals surface area contributed by atoms with Gasteiger partial charge in [0.2, 0.25) is 0 Å². The Morgan fingerprint density at radius 2 is 1.86 bits per heavy atom. The van der Waals surface area contributed by atoms with Gasteiger partial charge in [-0.05, 0) is 35.7 Å². The Morgan fingerprint density at radius 3 is 2.48 bits per heavy atom. The van der Waals surface area contributed by atoms with E-state index in [1.165, 1.54) is 6.07 Å². The summed E-state index contributed by atoms with van der Waals surface area (Å²) in [5, 5.41) is 22.1. The number of para-hydroxylation sites is 1. The molecule has 0 spiro atoms. The van der Waals surface area contributed by atoms with Crippen LogP contribution in [0.15, 0.2) is 53.7 Å². The molecule has 0 amide bonds. The number of hydrogen-bond donors (Lipinski definition) is 2. The van der Waals surface area contributed by atoms with E-state index in [-0.39, 0.29) is 5.75 Å². The highest BCUT2D eigenvalue weighted by Gasteiger charge is 2.59. The average molecular weight is 407 g/mol. The van der Waals surface area contributed by atoms with Gasteiger partial charge in [-0.3, -0.25) is 0 Å². The number of nitrogens with zero attached hydrogens (tertiary/aromatic N) is 1. The van der Waals surface area contributed by atoms with Crippen LogP contribution in [0.25, 0.3) is 0 Å². The van der Waals surface area contributed by atoms with Crippen LogP contribution in [0.3, 0.4) is 0 Å². The van der Waals surface area contributed by atoms with Gasteiger partial charge in [-0.1, -0.05) is 35.5 Å². The largest absolute Gasteiger partial charge is 0.497 e. The van der Waals surface area contributed by atoms with Gasteiger partial charge in [-0.25, -0.2) is 8.78 Å². The number of aliphatic hydroxyl groups is 2. The predicted octanol–water partition coefficient (Wildman–Crippen LogP) is 3.18. The Hall–Kier alpha value is -2.58. The Morgan fingerprint density at radius 1 is 1.17 bits per heavy atom. The van der Waals surface area contributed by atoms with E-state index in [1.54, 1.807) is 37.4 Å². The first-order valence-electron chi connectivity index (χ1n) is 9.27. The summed E-state index contributed by atoms with van der Waals surface area (Å²) in [7, 11) is 1.56. The molecule has 2 aromatic carbocycles. The minimum Gasteiger partial charge on any atom is -0.497 e. The maximum absolute atomic E-state index is 14.9. The Balaban J connectivity index is 1.88. The Kier molecular flexibility index (Phi) is 6.44. The van der Waals surface area contributed by atoms with Crippen LogP contribution in [0.2, 0.25) is 0 Å². The third-order valence-corrected chi connectivity index (χ3v) is 5.28. The molecule has 2 aromatic rings. The zero-order chi connectivity index (χ0) is 21.0. The summed E-state index contributed by atoms with van der Waals surface area (Å²) in [6.07, 6.45) is -3.40. The quantitative estimate of drug-likeness (QED) is 0.689. The first-order chi connectivity index (χ1) is 13.9. The van der Waals surface area contributed by atoms with Gasteiger partial charge >= 0.3 is 0 Å². The van der Waals surface area contributed by atoms with Gasteiger partial charge in [0.25, 0.3) is 5.92 Å². The Labute approximate surface area is 167 Å². The summed E-state index contributed by atoms with van der Waals surface area (Å²) < 4.78 is 40.4. The van der Waals surface area contributed by atoms with E-state index in [9.17, 15) is 23.9 Å². The number of benzene rings is 2. The van der Waals surface area contributed by atoms with E-state index in [2.05, 4.69) is 5.18 Å². The van der Waals surface area contributed by atoms with Crippen molar-refractivity contribution < 1.29 is 28.5 Å². The summed E-state index contributed by atoms with van der Waals surface area (Å²) >= 11 is 0. The number of rotatable bonds is 7. The van der Waals surface area contributed by atoms with E-state index in [0.717, 1.165) is 5.56 Å². The van der Waals surface area contributed by atoms with Crippen molar-refractivity contribution in [1.82, 2.24) is 0 Å². The van der Waals surface area contributed by atoms with Gasteiger partial charge in [-0.15, -0.1) is 0 Å². The lowest BCUT2D eigenvalue weighted by Gasteiger charge is -2.41. The summed E-state index contributed by atoms with van der Waals surface area (Å²) in [6, 6.07) is 12.3. The van der Waals surface area contributed by atoms with Gasteiger partial charge in [-0.2, -0.15) is 4.91 Å². The fraction of sp³-hybridized carbons (Fsp3) is 0.429. The molecule has 0 aromatic heterocycles. The number of aliphatic hydroxyl groups excluding tert-OH is 2. The molecule has 0 unspecified atom stereocenters. The zero-order valence-corrected chi connectivity index (χ0v) is 15.9. The van der Waals surface area contributed by atoms with Gasteiger partial charge in [0.1, 0.15) is 11.5 Å². The second-order valence-electron chi connectivity index (χ2n) is 7.12. The minimum atomic E-state index is -3.53. The van der Waals surface area contributed by atoms with Gasteiger partial charge < -0.3 is 19.7 Å². The first-order valence-corrected chi connectivity index (χ1v) is 9.27. The molecule has 0 bridgehead atoms. The monoisotopic (exact) mass is 407 g/mol. The lowest BCUT2D eigenvalue weighted by molar-refractivity contribution is -0.195. The summed E-state index contributed by atoms with van der Waals surface area (Å²) in [5.41, 5.74) is 1.55. The molecule has 3 rings (SSSR count). The van der Waals surface area contributed by atoms with Crippen LogP contribution >= 0.6 is 0 Å². The molecule has 0 aliphatic heterocycles. The van der Waals surface area contributed by atoms with Crippen LogP contribution in [0.4, 0.5) is 8.78 Å². The van der Waals surface area contributed by atoms with Gasteiger partial charge in [0.05, 0.1) is 25.7 Å². The molecule has 0 saturated heterocycles. The second kappa shape index (κ2) is 8.84. The molecular weight excluding hydrogens is 384 g/mol. The summed E-state index contributed by atoms with van der Waals surface area (Å²) in [5.74, 6) is -4.18. The number of alkyl halides is 2. The minimum absolute atomic E-state index is 0.174. The number of halogens is 2. The summed E-state index contributed by atoms with van der Waals surface area (Å²) in [4.78, 5) is 11.2. The molecule has 29 heavy (non-hydrogen) atoms. The van der Waals surface area contributed by atoms with Crippen LogP contribution in [-0.4, -0.2) is 48.1 Å². The molecule has 1 aliphatic carbocycles. The van der Waals surface area contributed by atoms with E-state index in [1.807, 2.05) is 12.1 Å². The molecule has 2 N–H and O–H groups in total. The van der Waals surface area contributed by atoms with Crippen LogP contribution in [0, 0.1) is 10.8 Å². The lowest BCUT2D eigenvalue weighted by Crippen LogP contribution is -2.60.